The summed E-state index contributed by atoms with van der Waals surface area (Å²) in [6.07, 6.45) is 8.73. The van der Waals surface area contributed by atoms with Crippen LogP contribution in [0.25, 0.3) is 11.0 Å². The lowest BCUT2D eigenvalue weighted by molar-refractivity contribution is 0.240. The van der Waals surface area contributed by atoms with Crippen LogP contribution in [0.2, 0.25) is 0 Å². The maximum atomic E-state index is 4.81. The molecule has 3 heterocycles. The van der Waals surface area contributed by atoms with Gasteiger partial charge in [-0.1, -0.05) is 37.2 Å². The predicted octanol–water partition coefficient (Wildman–Crippen LogP) is 4.58. The first-order chi connectivity index (χ1) is 12.8. The fraction of sp³-hybridized carbons (Fsp3) is 0.450. The van der Waals surface area contributed by atoms with Gasteiger partial charge in [-0.2, -0.15) is 0 Å². The monoisotopic (exact) mass is 367 g/mol. The molecule has 3 aromatic rings. The number of benzene rings is 1. The Morgan fingerprint density at radius 2 is 2.08 bits per heavy atom. The van der Waals surface area contributed by atoms with Gasteiger partial charge in [0.2, 0.25) is 0 Å². The number of nitrogens with one attached hydrogen (secondary N) is 1. The van der Waals surface area contributed by atoms with Crippen LogP contribution >= 0.6 is 11.8 Å². The Hall–Kier alpha value is -1.92. The van der Waals surface area contributed by atoms with Crippen molar-refractivity contribution in [2.75, 3.05) is 12.3 Å². The zero-order chi connectivity index (χ0) is 17.8. The summed E-state index contributed by atoms with van der Waals surface area (Å²) in [5.41, 5.74) is 3.34. The summed E-state index contributed by atoms with van der Waals surface area (Å²) >= 11 is 1.75. The molecule has 0 radical (unpaired) electrons. The molecule has 0 aliphatic carbocycles. The third-order valence-electron chi connectivity index (χ3n) is 4.88. The van der Waals surface area contributed by atoms with E-state index >= 15 is 0 Å². The van der Waals surface area contributed by atoms with Gasteiger partial charge in [0.1, 0.15) is 5.82 Å². The molecule has 0 saturated carbocycles. The van der Waals surface area contributed by atoms with Gasteiger partial charge in [-0.05, 0) is 37.9 Å². The molecule has 6 heteroatoms. The van der Waals surface area contributed by atoms with E-state index in [0.29, 0.717) is 6.04 Å². The van der Waals surface area contributed by atoms with Crippen molar-refractivity contribution in [1.29, 1.82) is 0 Å². The number of likely N-dealkylation sites (tertiary alicyclic amines) is 1. The summed E-state index contributed by atoms with van der Waals surface area (Å²) in [6.45, 7) is 4.18. The average molecular weight is 368 g/mol. The number of aromatic nitrogens is 4. The van der Waals surface area contributed by atoms with Crippen LogP contribution in [0.1, 0.15) is 50.0 Å². The molecule has 0 spiro atoms. The molecular weight excluding hydrogens is 342 g/mol. The molecule has 0 unspecified atom stereocenters. The molecule has 0 amide bonds. The zero-order valence-electron chi connectivity index (χ0n) is 15.2. The molecule has 1 fully saturated rings. The van der Waals surface area contributed by atoms with Crippen LogP contribution in [0.15, 0.2) is 41.8 Å². The highest BCUT2D eigenvalue weighted by Gasteiger charge is 2.28. The molecule has 1 aromatic carbocycles. The Morgan fingerprint density at radius 1 is 1.23 bits per heavy atom. The van der Waals surface area contributed by atoms with Crippen LogP contribution in [0.5, 0.6) is 0 Å². The number of rotatable bonds is 7. The van der Waals surface area contributed by atoms with Gasteiger partial charge < -0.3 is 4.98 Å². The van der Waals surface area contributed by atoms with Gasteiger partial charge >= 0.3 is 0 Å². The number of nitrogens with zero attached hydrogens (tertiary/aromatic N) is 4. The van der Waals surface area contributed by atoms with E-state index in [0.717, 1.165) is 47.3 Å². The Balaban J connectivity index is 1.43. The SMILES string of the molecule is CCCCSc1ncc(CN2CCC[C@@H]2c2nc3ccccc3[nH]2)cn1. The summed E-state index contributed by atoms with van der Waals surface area (Å²) in [7, 11) is 0. The Morgan fingerprint density at radius 3 is 2.88 bits per heavy atom. The van der Waals surface area contributed by atoms with Crippen molar-refractivity contribution < 1.29 is 0 Å². The molecule has 0 bridgehead atoms. The number of imidazole rings is 1. The van der Waals surface area contributed by atoms with Crippen LogP contribution in [-0.4, -0.2) is 37.1 Å². The van der Waals surface area contributed by atoms with E-state index in [4.69, 9.17) is 4.98 Å². The van der Waals surface area contributed by atoms with Gasteiger partial charge in [-0.3, -0.25) is 4.90 Å². The largest absolute Gasteiger partial charge is 0.341 e. The Kier molecular flexibility index (Phi) is 5.51. The second kappa shape index (κ2) is 8.18. The van der Waals surface area contributed by atoms with Crippen molar-refractivity contribution in [3.8, 4) is 0 Å². The number of unbranched alkanes of at least 4 members (excludes halogenated alkanes) is 1. The van der Waals surface area contributed by atoms with E-state index in [2.05, 4.69) is 38.9 Å². The molecule has 26 heavy (non-hydrogen) atoms. The van der Waals surface area contributed by atoms with Crippen molar-refractivity contribution in [2.24, 2.45) is 0 Å². The highest BCUT2D eigenvalue weighted by Crippen LogP contribution is 2.32. The minimum Gasteiger partial charge on any atom is -0.341 e. The van der Waals surface area contributed by atoms with Crippen LogP contribution in [-0.2, 0) is 6.54 Å². The molecule has 1 saturated heterocycles. The van der Waals surface area contributed by atoms with Crippen molar-refractivity contribution >= 4 is 22.8 Å². The fourth-order valence-corrected chi connectivity index (χ4v) is 4.37. The van der Waals surface area contributed by atoms with Gasteiger partial charge in [-0.15, -0.1) is 0 Å². The lowest BCUT2D eigenvalue weighted by atomic mass is 10.2. The molecule has 4 rings (SSSR count). The van der Waals surface area contributed by atoms with E-state index in [1.165, 1.54) is 24.8 Å². The quantitative estimate of drug-likeness (QED) is 0.376. The highest BCUT2D eigenvalue weighted by atomic mass is 32.2. The third kappa shape index (κ3) is 3.91. The minimum absolute atomic E-state index is 0.348. The molecule has 136 valence electrons. The van der Waals surface area contributed by atoms with Gasteiger partial charge in [0.15, 0.2) is 5.16 Å². The lowest BCUT2D eigenvalue weighted by Gasteiger charge is -2.22. The number of H-pyrrole nitrogens is 1. The minimum atomic E-state index is 0.348. The Bertz CT molecular complexity index is 812. The summed E-state index contributed by atoms with van der Waals surface area (Å²) < 4.78 is 0. The molecule has 1 N–H and O–H groups in total. The number of thioether (sulfide) groups is 1. The second-order valence-electron chi connectivity index (χ2n) is 6.84. The van der Waals surface area contributed by atoms with E-state index in [1.807, 2.05) is 24.5 Å². The maximum absolute atomic E-state index is 4.81. The molecule has 5 nitrogen and oxygen atoms in total. The van der Waals surface area contributed by atoms with Crippen LogP contribution in [0, 0.1) is 0 Å². The highest BCUT2D eigenvalue weighted by molar-refractivity contribution is 7.99. The number of fused-ring (bicyclic) bond motifs is 1. The Labute approximate surface area is 158 Å². The first-order valence-electron chi connectivity index (χ1n) is 9.46. The van der Waals surface area contributed by atoms with Crippen molar-refractivity contribution in [1.82, 2.24) is 24.8 Å². The van der Waals surface area contributed by atoms with Gasteiger partial charge in [-0.25, -0.2) is 15.0 Å². The van der Waals surface area contributed by atoms with Gasteiger partial charge in [0, 0.05) is 30.3 Å². The molecule has 2 aromatic heterocycles. The summed E-state index contributed by atoms with van der Waals surface area (Å²) in [5.74, 6) is 2.17. The number of aromatic amines is 1. The molecular formula is C20H25N5S. The van der Waals surface area contributed by atoms with Crippen molar-refractivity contribution in [3.05, 3.63) is 48.0 Å². The van der Waals surface area contributed by atoms with Crippen LogP contribution < -0.4 is 0 Å². The fourth-order valence-electron chi connectivity index (χ4n) is 3.50. The van der Waals surface area contributed by atoms with E-state index in [9.17, 15) is 0 Å². The lowest BCUT2D eigenvalue weighted by Crippen LogP contribution is -2.23. The predicted molar refractivity (Wildman–Crippen MR) is 106 cm³/mol. The van der Waals surface area contributed by atoms with Crippen LogP contribution in [0.3, 0.4) is 0 Å². The standard InChI is InChI=1S/C20H25N5S/c1-2-3-11-26-20-21-12-15(13-22-20)14-25-10-6-9-18(25)19-23-16-7-4-5-8-17(16)24-19/h4-5,7-8,12-13,18H,2-3,6,9-11,14H2,1H3,(H,23,24)/t18-/m1/s1. The first-order valence-corrected chi connectivity index (χ1v) is 10.4. The number of hydrogen-bond acceptors (Lipinski definition) is 5. The number of para-hydroxylation sites is 2. The van der Waals surface area contributed by atoms with Gasteiger partial charge in [0.25, 0.3) is 0 Å². The third-order valence-corrected chi connectivity index (χ3v) is 5.85. The van der Waals surface area contributed by atoms with Crippen LogP contribution in [0.4, 0.5) is 0 Å². The number of hydrogen-bond donors (Lipinski definition) is 1. The zero-order valence-corrected chi connectivity index (χ0v) is 16.0. The summed E-state index contributed by atoms with van der Waals surface area (Å²) in [6, 6.07) is 8.59. The molecule has 1 aliphatic heterocycles. The second-order valence-corrected chi connectivity index (χ2v) is 7.91. The normalized spacial score (nSPS) is 18.0. The molecule has 1 atom stereocenters. The summed E-state index contributed by atoms with van der Waals surface area (Å²) in [5, 5.41) is 0.887. The molecule has 1 aliphatic rings. The van der Waals surface area contributed by atoms with E-state index < -0.39 is 0 Å². The topological polar surface area (TPSA) is 57.7 Å². The van der Waals surface area contributed by atoms with Crippen molar-refractivity contribution in [2.45, 2.75) is 50.4 Å². The average Bonchev–Trinajstić information content (AvgIpc) is 3.29. The summed E-state index contributed by atoms with van der Waals surface area (Å²) in [4.78, 5) is 19.9. The maximum Gasteiger partial charge on any atom is 0.187 e. The first kappa shape index (κ1) is 17.5. The smallest absolute Gasteiger partial charge is 0.187 e. The van der Waals surface area contributed by atoms with E-state index in [-0.39, 0.29) is 0 Å². The van der Waals surface area contributed by atoms with Gasteiger partial charge in [0.05, 0.1) is 17.1 Å². The van der Waals surface area contributed by atoms with E-state index in [1.54, 1.807) is 11.8 Å². The van der Waals surface area contributed by atoms with Crippen molar-refractivity contribution in [3.63, 3.8) is 0 Å².